The maximum Gasteiger partial charge on any atom is 0.222 e. The summed E-state index contributed by atoms with van der Waals surface area (Å²) in [6.45, 7) is 0. The molecule has 88 valence electrons. The molecule has 2 aromatic rings. The third-order valence-electron chi connectivity index (χ3n) is 2.09. The van der Waals surface area contributed by atoms with E-state index in [1.165, 1.54) is 12.1 Å². The minimum absolute atomic E-state index is 0.00596. The molecule has 1 heterocycles. The Labute approximate surface area is 106 Å². The number of nitrogens with two attached hydrogens (primary N) is 2. The number of anilines is 2. The highest BCUT2D eigenvalue weighted by atomic mass is 35.5. The molecule has 7 heteroatoms. The Hall–Kier alpha value is -1.59. The number of nitrogen functional groups attached to an aromatic ring is 2. The second kappa shape index (κ2) is 4.35. The van der Waals surface area contributed by atoms with Crippen molar-refractivity contribution in [2.75, 3.05) is 11.5 Å². The molecule has 1 aromatic heterocycles. The summed E-state index contributed by atoms with van der Waals surface area (Å²) in [4.78, 5) is 7.29. The smallest absolute Gasteiger partial charge is 0.222 e. The average molecular weight is 273 g/mol. The van der Waals surface area contributed by atoms with Gasteiger partial charge in [-0.25, -0.2) is 9.37 Å². The lowest BCUT2D eigenvalue weighted by Crippen LogP contribution is -2.05. The number of aromatic nitrogens is 2. The van der Waals surface area contributed by atoms with Crippen LogP contribution in [0.25, 0.3) is 11.3 Å². The van der Waals surface area contributed by atoms with Crippen LogP contribution in [0.1, 0.15) is 0 Å². The summed E-state index contributed by atoms with van der Waals surface area (Å²) in [7, 11) is 0. The number of hydrogen-bond acceptors (Lipinski definition) is 4. The van der Waals surface area contributed by atoms with Crippen molar-refractivity contribution in [2.45, 2.75) is 0 Å². The van der Waals surface area contributed by atoms with Crippen LogP contribution in [-0.4, -0.2) is 9.97 Å². The molecule has 0 unspecified atom stereocenters. The van der Waals surface area contributed by atoms with Crippen LogP contribution in [0.5, 0.6) is 0 Å². The fourth-order valence-corrected chi connectivity index (χ4v) is 1.62. The Morgan fingerprint density at radius 1 is 1.06 bits per heavy atom. The van der Waals surface area contributed by atoms with Gasteiger partial charge in [-0.05, 0) is 12.1 Å². The molecule has 0 saturated heterocycles. The zero-order chi connectivity index (χ0) is 12.6. The molecule has 0 amide bonds. The number of nitrogens with zero attached hydrogens (tertiary/aromatic N) is 2. The molecule has 0 aliphatic carbocycles. The van der Waals surface area contributed by atoms with E-state index in [4.69, 9.17) is 34.7 Å². The van der Waals surface area contributed by atoms with Crippen LogP contribution < -0.4 is 11.5 Å². The predicted octanol–water partition coefficient (Wildman–Crippen LogP) is 2.75. The van der Waals surface area contributed by atoms with Crippen molar-refractivity contribution < 1.29 is 4.39 Å². The van der Waals surface area contributed by atoms with Gasteiger partial charge in [-0.2, -0.15) is 4.98 Å². The van der Waals surface area contributed by atoms with E-state index < -0.39 is 5.82 Å². The monoisotopic (exact) mass is 272 g/mol. The lowest BCUT2D eigenvalue weighted by atomic mass is 10.1. The molecule has 0 bridgehead atoms. The van der Waals surface area contributed by atoms with Gasteiger partial charge < -0.3 is 11.5 Å². The molecule has 0 spiro atoms. The molecule has 0 fully saturated rings. The second-order valence-corrected chi connectivity index (χ2v) is 4.07. The lowest BCUT2D eigenvalue weighted by molar-refractivity contribution is 0.625. The molecule has 17 heavy (non-hydrogen) atoms. The standard InChI is InChI=1S/C10H7Cl2FN4/c11-5-2-1-4(3-6(5)12)8-7(13)9(14)17-10(15)16-8/h1-3H,(H4,14,15,16,17). The fourth-order valence-electron chi connectivity index (χ4n) is 1.32. The van der Waals surface area contributed by atoms with Gasteiger partial charge in [0.2, 0.25) is 5.95 Å². The van der Waals surface area contributed by atoms with Crippen molar-refractivity contribution in [1.82, 2.24) is 9.97 Å². The summed E-state index contributed by atoms with van der Waals surface area (Å²) < 4.78 is 13.7. The van der Waals surface area contributed by atoms with Crippen LogP contribution in [0, 0.1) is 5.82 Å². The molecule has 2 rings (SSSR count). The Kier molecular flexibility index (Phi) is 3.04. The molecule has 0 aliphatic heterocycles. The summed E-state index contributed by atoms with van der Waals surface area (Å²) in [6.07, 6.45) is 0. The van der Waals surface area contributed by atoms with Crippen molar-refractivity contribution in [3.05, 3.63) is 34.1 Å². The third kappa shape index (κ3) is 2.25. The maximum atomic E-state index is 13.7. The normalized spacial score (nSPS) is 10.5. The van der Waals surface area contributed by atoms with Gasteiger partial charge in [-0.15, -0.1) is 0 Å². The van der Waals surface area contributed by atoms with Crippen LogP contribution in [-0.2, 0) is 0 Å². The molecule has 4 N–H and O–H groups in total. The molecular formula is C10H7Cl2FN4. The Balaban J connectivity index is 2.64. The van der Waals surface area contributed by atoms with E-state index in [-0.39, 0.29) is 17.5 Å². The van der Waals surface area contributed by atoms with Gasteiger partial charge in [0.1, 0.15) is 5.69 Å². The number of hydrogen-bond donors (Lipinski definition) is 2. The van der Waals surface area contributed by atoms with Crippen molar-refractivity contribution in [1.29, 1.82) is 0 Å². The Morgan fingerprint density at radius 3 is 2.41 bits per heavy atom. The van der Waals surface area contributed by atoms with Crippen molar-refractivity contribution in [3.63, 3.8) is 0 Å². The third-order valence-corrected chi connectivity index (χ3v) is 2.83. The Bertz CT molecular complexity index is 589. The summed E-state index contributed by atoms with van der Waals surface area (Å²) >= 11 is 11.6. The zero-order valence-corrected chi connectivity index (χ0v) is 9.93. The van der Waals surface area contributed by atoms with E-state index >= 15 is 0 Å². The topological polar surface area (TPSA) is 77.8 Å². The second-order valence-electron chi connectivity index (χ2n) is 3.26. The number of halogens is 3. The molecule has 0 radical (unpaired) electrons. The van der Waals surface area contributed by atoms with Gasteiger partial charge in [0.25, 0.3) is 0 Å². The number of rotatable bonds is 1. The van der Waals surface area contributed by atoms with Crippen molar-refractivity contribution in [3.8, 4) is 11.3 Å². The van der Waals surface area contributed by atoms with E-state index in [0.29, 0.717) is 15.6 Å². The van der Waals surface area contributed by atoms with E-state index in [2.05, 4.69) is 9.97 Å². The summed E-state index contributed by atoms with van der Waals surface area (Å²) in [6, 6.07) is 4.58. The van der Waals surface area contributed by atoms with Gasteiger partial charge in [0.05, 0.1) is 10.0 Å². The summed E-state index contributed by atoms with van der Waals surface area (Å²) in [5, 5.41) is 0.658. The van der Waals surface area contributed by atoms with Crippen LogP contribution >= 0.6 is 23.2 Å². The zero-order valence-electron chi connectivity index (χ0n) is 8.42. The minimum atomic E-state index is -0.738. The quantitative estimate of drug-likeness (QED) is 0.837. The van der Waals surface area contributed by atoms with Crippen LogP contribution in [0.3, 0.4) is 0 Å². The van der Waals surface area contributed by atoms with E-state index in [1.807, 2.05) is 0 Å². The first-order chi connectivity index (χ1) is 7.99. The highest BCUT2D eigenvalue weighted by Gasteiger charge is 2.13. The van der Waals surface area contributed by atoms with E-state index in [9.17, 15) is 4.39 Å². The van der Waals surface area contributed by atoms with E-state index in [0.717, 1.165) is 0 Å². The predicted molar refractivity (Wildman–Crippen MR) is 66.3 cm³/mol. The molecule has 0 saturated carbocycles. The average Bonchev–Trinajstić information content (AvgIpc) is 2.27. The van der Waals surface area contributed by atoms with Crippen LogP contribution in [0.15, 0.2) is 18.2 Å². The van der Waals surface area contributed by atoms with Gasteiger partial charge in [0.15, 0.2) is 11.6 Å². The Morgan fingerprint density at radius 2 is 1.76 bits per heavy atom. The molecular weight excluding hydrogens is 266 g/mol. The largest absolute Gasteiger partial charge is 0.381 e. The molecule has 0 atom stereocenters. The van der Waals surface area contributed by atoms with Crippen LogP contribution in [0.2, 0.25) is 10.0 Å². The van der Waals surface area contributed by atoms with Gasteiger partial charge in [-0.1, -0.05) is 29.3 Å². The maximum absolute atomic E-state index is 13.7. The van der Waals surface area contributed by atoms with Crippen molar-refractivity contribution in [2.24, 2.45) is 0 Å². The SMILES string of the molecule is Nc1nc(N)c(F)c(-c2ccc(Cl)c(Cl)c2)n1. The van der Waals surface area contributed by atoms with Crippen molar-refractivity contribution >= 4 is 35.0 Å². The molecule has 4 nitrogen and oxygen atoms in total. The van der Waals surface area contributed by atoms with Crippen LogP contribution in [0.4, 0.5) is 16.2 Å². The highest BCUT2D eigenvalue weighted by Crippen LogP contribution is 2.30. The van der Waals surface area contributed by atoms with Gasteiger partial charge in [-0.3, -0.25) is 0 Å². The highest BCUT2D eigenvalue weighted by molar-refractivity contribution is 6.42. The van der Waals surface area contributed by atoms with Gasteiger partial charge >= 0.3 is 0 Å². The summed E-state index contributed by atoms with van der Waals surface area (Å²) in [5.41, 5.74) is 11.2. The lowest BCUT2D eigenvalue weighted by Gasteiger charge is -2.06. The fraction of sp³-hybridized carbons (Fsp3) is 0. The first-order valence-electron chi connectivity index (χ1n) is 4.53. The molecule has 0 aliphatic rings. The summed E-state index contributed by atoms with van der Waals surface area (Å²) in [5.74, 6) is -1.15. The molecule has 1 aromatic carbocycles. The first-order valence-corrected chi connectivity index (χ1v) is 5.28. The van der Waals surface area contributed by atoms with E-state index in [1.54, 1.807) is 6.07 Å². The first kappa shape index (κ1) is 11.9. The minimum Gasteiger partial charge on any atom is -0.381 e. The van der Waals surface area contributed by atoms with Gasteiger partial charge in [0, 0.05) is 5.56 Å². The number of benzene rings is 1.